The molecule has 0 radical (unpaired) electrons. The monoisotopic (exact) mass is 426 g/mol. The molecule has 4 aromatic rings. The summed E-state index contributed by atoms with van der Waals surface area (Å²) in [7, 11) is 0. The Morgan fingerprint density at radius 2 is 1.79 bits per heavy atom. The second kappa shape index (κ2) is 7.62. The molecule has 3 aromatic carbocycles. The SMILES string of the molecule is CC(C)Oc1ccc2[nH]c3c(CC(N)=O)cc(-c4ccc(Cl)c(Cl)c4)cc3c2c1. The third-order valence-electron chi connectivity index (χ3n) is 4.75. The number of carbonyl (C=O) groups excluding carboxylic acids is 1. The summed E-state index contributed by atoms with van der Waals surface area (Å²) in [6, 6.07) is 15.5. The molecule has 0 bridgehead atoms. The molecule has 0 aliphatic carbocycles. The van der Waals surface area contributed by atoms with Crippen LogP contribution in [0, 0.1) is 0 Å². The van der Waals surface area contributed by atoms with Gasteiger partial charge in [-0.15, -0.1) is 0 Å². The smallest absolute Gasteiger partial charge is 0.221 e. The van der Waals surface area contributed by atoms with Crippen molar-refractivity contribution in [3.8, 4) is 16.9 Å². The predicted molar refractivity (Wildman–Crippen MR) is 120 cm³/mol. The van der Waals surface area contributed by atoms with Crippen LogP contribution in [0.25, 0.3) is 32.9 Å². The molecular weight excluding hydrogens is 407 g/mol. The standard InChI is InChI=1S/C23H20Cl2N2O2/c1-12(2)29-16-4-6-21-17(11-16)18-8-14(13-3-5-19(24)20(25)9-13)7-15(10-22(26)28)23(18)27-21/h3-9,11-12,27H,10H2,1-2H3,(H2,26,28). The summed E-state index contributed by atoms with van der Waals surface area (Å²) in [5.41, 5.74) is 10.0. The zero-order valence-electron chi connectivity index (χ0n) is 16.1. The Morgan fingerprint density at radius 3 is 2.48 bits per heavy atom. The number of aromatic nitrogens is 1. The molecule has 0 saturated heterocycles. The molecule has 29 heavy (non-hydrogen) atoms. The van der Waals surface area contributed by atoms with E-state index in [1.165, 1.54) is 0 Å². The van der Waals surface area contributed by atoms with E-state index in [9.17, 15) is 4.79 Å². The van der Waals surface area contributed by atoms with Crippen molar-refractivity contribution in [2.75, 3.05) is 0 Å². The van der Waals surface area contributed by atoms with Gasteiger partial charge in [-0.1, -0.05) is 29.3 Å². The van der Waals surface area contributed by atoms with Gasteiger partial charge in [0, 0.05) is 16.3 Å². The lowest BCUT2D eigenvalue weighted by Crippen LogP contribution is -2.14. The molecule has 4 nitrogen and oxygen atoms in total. The number of amides is 1. The van der Waals surface area contributed by atoms with Crippen molar-refractivity contribution < 1.29 is 9.53 Å². The van der Waals surface area contributed by atoms with E-state index in [4.69, 9.17) is 33.7 Å². The lowest BCUT2D eigenvalue weighted by atomic mass is 9.97. The summed E-state index contributed by atoms with van der Waals surface area (Å²) in [6.07, 6.45) is 0.211. The first-order valence-electron chi connectivity index (χ1n) is 9.30. The third-order valence-corrected chi connectivity index (χ3v) is 5.49. The minimum Gasteiger partial charge on any atom is -0.491 e. The largest absolute Gasteiger partial charge is 0.491 e. The molecule has 1 heterocycles. The Labute approximate surface area is 178 Å². The molecule has 0 fully saturated rings. The highest BCUT2D eigenvalue weighted by Crippen LogP contribution is 2.36. The molecule has 0 atom stereocenters. The fraction of sp³-hybridized carbons (Fsp3) is 0.174. The van der Waals surface area contributed by atoms with E-state index in [2.05, 4.69) is 11.1 Å². The second-order valence-corrected chi connectivity index (χ2v) is 8.14. The molecule has 0 spiro atoms. The van der Waals surface area contributed by atoms with Crippen LogP contribution >= 0.6 is 23.2 Å². The number of rotatable bonds is 5. The molecule has 1 aromatic heterocycles. The van der Waals surface area contributed by atoms with E-state index in [0.29, 0.717) is 10.0 Å². The van der Waals surface area contributed by atoms with Crippen LogP contribution in [-0.4, -0.2) is 17.0 Å². The summed E-state index contributed by atoms with van der Waals surface area (Å²) < 4.78 is 5.86. The predicted octanol–water partition coefficient (Wildman–Crippen LogP) is 6.11. The highest BCUT2D eigenvalue weighted by atomic mass is 35.5. The van der Waals surface area contributed by atoms with Gasteiger partial charge < -0.3 is 15.5 Å². The van der Waals surface area contributed by atoms with Crippen molar-refractivity contribution in [3.63, 3.8) is 0 Å². The average molecular weight is 427 g/mol. The van der Waals surface area contributed by atoms with Crippen molar-refractivity contribution in [2.45, 2.75) is 26.4 Å². The van der Waals surface area contributed by atoms with Gasteiger partial charge >= 0.3 is 0 Å². The number of hydrogen-bond donors (Lipinski definition) is 2. The van der Waals surface area contributed by atoms with Crippen LogP contribution in [0.1, 0.15) is 19.4 Å². The third kappa shape index (κ3) is 3.91. The molecule has 0 aliphatic heterocycles. The molecule has 1 amide bonds. The number of primary amides is 1. The fourth-order valence-corrected chi connectivity index (χ4v) is 3.87. The minimum atomic E-state index is -0.389. The molecule has 0 aliphatic rings. The van der Waals surface area contributed by atoms with E-state index in [1.807, 2.05) is 50.2 Å². The Hall–Kier alpha value is -2.69. The van der Waals surface area contributed by atoms with Gasteiger partial charge in [-0.3, -0.25) is 4.79 Å². The zero-order valence-corrected chi connectivity index (χ0v) is 17.6. The van der Waals surface area contributed by atoms with Crippen molar-refractivity contribution in [1.82, 2.24) is 4.98 Å². The van der Waals surface area contributed by atoms with Gasteiger partial charge in [0.2, 0.25) is 5.91 Å². The Bertz CT molecular complexity index is 1240. The van der Waals surface area contributed by atoms with Gasteiger partial charge in [-0.25, -0.2) is 0 Å². The molecule has 3 N–H and O–H groups in total. The Kier molecular flexibility index (Phi) is 5.15. The lowest BCUT2D eigenvalue weighted by Gasteiger charge is -2.10. The van der Waals surface area contributed by atoms with Crippen molar-refractivity contribution in [1.29, 1.82) is 0 Å². The highest BCUT2D eigenvalue weighted by molar-refractivity contribution is 6.42. The van der Waals surface area contributed by atoms with Crippen LogP contribution in [-0.2, 0) is 11.2 Å². The number of H-pyrrole nitrogens is 1. The van der Waals surface area contributed by atoms with E-state index in [1.54, 1.807) is 6.07 Å². The van der Waals surface area contributed by atoms with Gasteiger partial charge in [0.1, 0.15) is 5.75 Å². The first-order chi connectivity index (χ1) is 13.8. The maximum absolute atomic E-state index is 11.7. The number of carbonyl (C=O) groups is 1. The number of hydrogen-bond acceptors (Lipinski definition) is 2. The number of halogens is 2. The van der Waals surface area contributed by atoms with Crippen LogP contribution in [0.5, 0.6) is 5.75 Å². The van der Waals surface area contributed by atoms with Gasteiger partial charge in [-0.2, -0.15) is 0 Å². The van der Waals surface area contributed by atoms with Crippen molar-refractivity contribution >= 4 is 50.9 Å². The Balaban J connectivity index is 1.98. The van der Waals surface area contributed by atoms with Crippen LogP contribution in [0.2, 0.25) is 10.0 Å². The maximum atomic E-state index is 11.7. The van der Waals surface area contributed by atoms with Gasteiger partial charge in [0.25, 0.3) is 0 Å². The van der Waals surface area contributed by atoms with Crippen LogP contribution in [0.4, 0.5) is 0 Å². The molecule has 0 unspecified atom stereocenters. The normalized spacial score (nSPS) is 11.5. The van der Waals surface area contributed by atoms with E-state index in [-0.39, 0.29) is 18.4 Å². The molecule has 6 heteroatoms. The number of ether oxygens (including phenoxy) is 1. The summed E-state index contributed by atoms with van der Waals surface area (Å²) in [5.74, 6) is 0.407. The zero-order chi connectivity index (χ0) is 20.7. The molecular formula is C23H20Cl2N2O2. The number of benzene rings is 3. The second-order valence-electron chi connectivity index (χ2n) is 7.33. The Morgan fingerprint density at radius 1 is 1.00 bits per heavy atom. The lowest BCUT2D eigenvalue weighted by molar-refractivity contribution is -0.117. The number of nitrogens with one attached hydrogen (secondary N) is 1. The first kappa shape index (κ1) is 19.6. The summed E-state index contributed by atoms with van der Waals surface area (Å²) in [5, 5.41) is 2.99. The maximum Gasteiger partial charge on any atom is 0.221 e. The topological polar surface area (TPSA) is 68.1 Å². The number of fused-ring (bicyclic) bond motifs is 3. The quantitative estimate of drug-likeness (QED) is 0.404. The summed E-state index contributed by atoms with van der Waals surface area (Å²) >= 11 is 12.3. The average Bonchev–Trinajstić information content (AvgIpc) is 3.01. The van der Waals surface area contributed by atoms with E-state index >= 15 is 0 Å². The molecule has 0 saturated carbocycles. The number of nitrogens with two attached hydrogens (primary N) is 1. The van der Waals surface area contributed by atoms with Crippen LogP contribution in [0.15, 0.2) is 48.5 Å². The van der Waals surface area contributed by atoms with Gasteiger partial charge in [0.05, 0.1) is 28.1 Å². The number of aromatic amines is 1. The molecule has 148 valence electrons. The summed E-state index contributed by atoms with van der Waals surface area (Å²) in [4.78, 5) is 15.1. The first-order valence-corrected chi connectivity index (χ1v) is 10.1. The molecule has 4 rings (SSSR count). The van der Waals surface area contributed by atoms with Gasteiger partial charge in [-0.05, 0) is 73.0 Å². The van der Waals surface area contributed by atoms with Gasteiger partial charge in [0.15, 0.2) is 0 Å². The van der Waals surface area contributed by atoms with Crippen molar-refractivity contribution in [3.05, 3.63) is 64.1 Å². The van der Waals surface area contributed by atoms with Crippen LogP contribution < -0.4 is 10.5 Å². The van der Waals surface area contributed by atoms with Crippen LogP contribution in [0.3, 0.4) is 0 Å². The van der Waals surface area contributed by atoms with Crippen molar-refractivity contribution in [2.24, 2.45) is 5.73 Å². The fourth-order valence-electron chi connectivity index (χ4n) is 3.57. The van der Waals surface area contributed by atoms with E-state index in [0.717, 1.165) is 44.2 Å². The van der Waals surface area contributed by atoms with E-state index < -0.39 is 0 Å². The minimum absolute atomic E-state index is 0.0786. The highest BCUT2D eigenvalue weighted by Gasteiger charge is 2.14. The summed E-state index contributed by atoms with van der Waals surface area (Å²) in [6.45, 7) is 3.99.